The molecule has 0 saturated carbocycles. The predicted octanol–water partition coefficient (Wildman–Crippen LogP) is 2.88. The summed E-state index contributed by atoms with van der Waals surface area (Å²) in [4.78, 5) is 17.3. The van der Waals surface area contributed by atoms with Crippen LogP contribution in [0, 0.1) is 0 Å². The van der Waals surface area contributed by atoms with Crippen LogP contribution in [0.15, 0.2) is 48.5 Å². The van der Waals surface area contributed by atoms with Gasteiger partial charge in [0.15, 0.2) is 17.3 Å². The van der Waals surface area contributed by atoms with Gasteiger partial charge in [0, 0.05) is 38.3 Å². The molecular formula is C21H25ClN2O3. The van der Waals surface area contributed by atoms with E-state index in [9.17, 15) is 4.79 Å². The third-order valence-corrected chi connectivity index (χ3v) is 4.95. The normalized spacial score (nSPS) is 17.2. The lowest BCUT2D eigenvalue weighted by Crippen LogP contribution is -2.47. The number of benzene rings is 2. The monoisotopic (exact) mass is 388 g/mol. The number of fused-ring (bicyclic) bond motifs is 1. The molecule has 0 aliphatic carbocycles. The maximum Gasteiger partial charge on any atom is 0.176 e. The Hall–Kier alpha value is -2.08. The number of Topliss-reactive ketones (excluding diaryl/α,β-unsaturated/α-hetero) is 1. The van der Waals surface area contributed by atoms with Crippen LogP contribution in [0.5, 0.6) is 11.5 Å². The summed E-state index contributed by atoms with van der Waals surface area (Å²) in [6.45, 7) is 6.35. The molecule has 2 aliphatic rings. The Morgan fingerprint density at radius 3 is 2.26 bits per heavy atom. The molecule has 2 aromatic carbocycles. The SMILES string of the molecule is Cl.O=C(CN1CCN(Cc2ccccc2)CC1)c1ccc2c(c1)OCCO2. The van der Waals surface area contributed by atoms with E-state index in [1.807, 2.05) is 24.3 Å². The second kappa shape index (κ2) is 9.22. The van der Waals surface area contributed by atoms with Gasteiger partial charge in [0.25, 0.3) is 0 Å². The molecule has 2 heterocycles. The Morgan fingerprint density at radius 1 is 0.852 bits per heavy atom. The van der Waals surface area contributed by atoms with Crippen molar-refractivity contribution in [1.29, 1.82) is 0 Å². The Balaban J connectivity index is 0.00000210. The van der Waals surface area contributed by atoms with Crippen LogP contribution in [-0.2, 0) is 6.54 Å². The molecule has 4 rings (SSSR count). The van der Waals surface area contributed by atoms with E-state index in [1.165, 1.54) is 5.56 Å². The highest BCUT2D eigenvalue weighted by atomic mass is 35.5. The molecule has 5 nitrogen and oxygen atoms in total. The highest BCUT2D eigenvalue weighted by molar-refractivity contribution is 5.98. The summed E-state index contributed by atoms with van der Waals surface area (Å²) in [5.74, 6) is 1.54. The Morgan fingerprint density at radius 2 is 1.52 bits per heavy atom. The van der Waals surface area contributed by atoms with Crippen LogP contribution in [0.4, 0.5) is 0 Å². The molecule has 144 valence electrons. The number of hydrogen-bond acceptors (Lipinski definition) is 5. The van der Waals surface area contributed by atoms with Crippen molar-refractivity contribution in [2.75, 3.05) is 45.9 Å². The van der Waals surface area contributed by atoms with Crippen LogP contribution >= 0.6 is 12.4 Å². The Kier molecular flexibility index (Phi) is 6.72. The molecule has 0 atom stereocenters. The second-order valence-corrected chi connectivity index (χ2v) is 6.82. The van der Waals surface area contributed by atoms with Gasteiger partial charge in [-0.05, 0) is 23.8 Å². The van der Waals surface area contributed by atoms with Crippen LogP contribution in [0.2, 0.25) is 0 Å². The van der Waals surface area contributed by atoms with Gasteiger partial charge in [-0.15, -0.1) is 12.4 Å². The van der Waals surface area contributed by atoms with E-state index in [0.717, 1.165) is 38.5 Å². The number of nitrogens with zero attached hydrogens (tertiary/aromatic N) is 2. The number of hydrogen-bond donors (Lipinski definition) is 0. The lowest BCUT2D eigenvalue weighted by atomic mass is 10.1. The van der Waals surface area contributed by atoms with Gasteiger partial charge in [0.2, 0.25) is 0 Å². The van der Waals surface area contributed by atoms with E-state index in [-0.39, 0.29) is 18.2 Å². The summed E-state index contributed by atoms with van der Waals surface area (Å²) in [5.41, 5.74) is 2.04. The molecule has 2 aliphatic heterocycles. The summed E-state index contributed by atoms with van der Waals surface area (Å²) in [7, 11) is 0. The van der Waals surface area contributed by atoms with E-state index in [4.69, 9.17) is 9.47 Å². The predicted molar refractivity (Wildman–Crippen MR) is 107 cm³/mol. The molecule has 0 aromatic heterocycles. The third-order valence-electron chi connectivity index (χ3n) is 4.95. The van der Waals surface area contributed by atoms with Gasteiger partial charge in [-0.3, -0.25) is 14.6 Å². The first-order valence-electron chi connectivity index (χ1n) is 9.19. The Labute approximate surface area is 166 Å². The fourth-order valence-electron chi connectivity index (χ4n) is 3.46. The topological polar surface area (TPSA) is 42.0 Å². The molecule has 6 heteroatoms. The van der Waals surface area contributed by atoms with Gasteiger partial charge in [-0.1, -0.05) is 30.3 Å². The average molecular weight is 389 g/mol. The van der Waals surface area contributed by atoms with Crippen molar-refractivity contribution in [1.82, 2.24) is 9.80 Å². The highest BCUT2D eigenvalue weighted by Crippen LogP contribution is 2.30. The minimum atomic E-state index is 0. The van der Waals surface area contributed by atoms with Gasteiger partial charge in [-0.2, -0.15) is 0 Å². The molecule has 1 fully saturated rings. The minimum absolute atomic E-state index is 0. The maximum atomic E-state index is 12.6. The molecule has 0 N–H and O–H groups in total. The Bertz CT molecular complexity index is 761. The molecule has 0 amide bonds. The van der Waals surface area contributed by atoms with Gasteiger partial charge in [0.1, 0.15) is 13.2 Å². The lowest BCUT2D eigenvalue weighted by molar-refractivity contribution is 0.0843. The minimum Gasteiger partial charge on any atom is -0.486 e. The summed E-state index contributed by atoms with van der Waals surface area (Å²) in [5, 5.41) is 0. The zero-order chi connectivity index (χ0) is 17.8. The summed E-state index contributed by atoms with van der Waals surface area (Å²) >= 11 is 0. The summed E-state index contributed by atoms with van der Waals surface area (Å²) < 4.78 is 11.1. The van der Waals surface area contributed by atoms with E-state index in [1.54, 1.807) is 0 Å². The van der Waals surface area contributed by atoms with Crippen molar-refractivity contribution in [3.63, 3.8) is 0 Å². The first-order chi connectivity index (χ1) is 12.8. The van der Waals surface area contributed by atoms with Gasteiger partial charge in [-0.25, -0.2) is 0 Å². The van der Waals surface area contributed by atoms with E-state index >= 15 is 0 Å². The van der Waals surface area contributed by atoms with Gasteiger partial charge < -0.3 is 9.47 Å². The third kappa shape index (κ3) is 5.01. The smallest absolute Gasteiger partial charge is 0.176 e. The van der Waals surface area contributed by atoms with Crippen LogP contribution in [-0.4, -0.2) is 61.5 Å². The van der Waals surface area contributed by atoms with Crippen molar-refractivity contribution in [2.24, 2.45) is 0 Å². The number of halogens is 1. The summed E-state index contributed by atoms with van der Waals surface area (Å²) in [6, 6.07) is 16.0. The average Bonchev–Trinajstić information content (AvgIpc) is 2.70. The molecule has 0 radical (unpaired) electrons. The number of ketones is 1. The molecule has 0 bridgehead atoms. The fraction of sp³-hybridized carbons (Fsp3) is 0.381. The molecule has 1 saturated heterocycles. The number of rotatable bonds is 5. The zero-order valence-electron chi connectivity index (χ0n) is 15.3. The zero-order valence-corrected chi connectivity index (χ0v) is 16.1. The van der Waals surface area contributed by atoms with E-state index in [2.05, 4.69) is 34.1 Å². The maximum absolute atomic E-state index is 12.6. The first kappa shape index (κ1) is 19.7. The standard InChI is InChI=1S/C21H24N2O3.ClH/c24-19(18-6-7-20-21(14-18)26-13-12-25-20)16-23-10-8-22(9-11-23)15-17-4-2-1-3-5-17;/h1-7,14H,8-13,15-16H2;1H. The largest absolute Gasteiger partial charge is 0.486 e. The molecule has 2 aromatic rings. The molecular weight excluding hydrogens is 364 g/mol. The van der Waals surface area contributed by atoms with Crippen molar-refractivity contribution in [3.05, 3.63) is 59.7 Å². The van der Waals surface area contributed by atoms with Crippen LogP contribution in [0.25, 0.3) is 0 Å². The molecule has 27 heavy (non-hydrogen) atoms. The molecule has 0 unspecified atom stereocenters. The van der Waals surface area contributed by atoms with Crippen LogP contribution in [0.3, 0.4) is 0 Å². The second-order valence-electron chi connectivity index (χ2n) is 6.82. The van der Waals surface area contributed by atoms with Crippen molar-refractivity contribution in [3.8, 4) is 11.5 Å². The van der Waals surface area contributed by atoms with Gasteiger partial charge >= 0.3 is 0 Å². The van der Waals surface area contributed by atoms with Gasteiger partial charge in [0.05, 0.1) is 6.54 Å². The van der Waals surface area contributed by atoms with E-state index in [0.29, 0.717) is 31.1 Å². The number of ether oxygens (including phenoxy) is 2. The van der Waals surface area contributed by atoms with E-state index < -0.39 is 0 Å². The lowest BCUT2D eigenvalue weighted by Gasteiger charge is -2.34. The summed E-state index contributed by atoms with van der Waals surface area (Å²) in [6.07, 6.45) is 0. The van der Waals surface area contributed by atoms with Crippen LogP contribution < -0.4 is 9.47 Å². The number of carbonyl (C=O) groups is 1. The van der Waals surface area contributed by atoms with Crippen LogP contribution in [0.1, 0.15) is 15.9 Å². The molecule has 0 spiro atoms. The number of piperazine rings is 1. The number of carbonyl (C=O) groups excluding carboxylic acids is 1. The van der Waals surface area contributed by atoms with Crippen molar-refractivity contribution in [2.45, 2.75) is 6.54 Å². The highest BCUT2D eigenvalue weighted by Gasteiger charge is 2.21. The first-order valence-corrected chi connectivity index (χ1v) is 9.19. The quantitative estimate of drug-likeness (QED) is 0.737. The fourth-order valence-corrected chi connectivity index (χ4v) is 3.46. The van der Waals surface area contributed by atoms with Crippen molar-refractivity contribution < 1.29 is 14.3 Å². The van der Waals surface area contributed by atoms with Crippen molar-refractivity contribution >= 4 is 18.2 Å².